The number of piperidine rings is 1. The fraction of sp³-hybridized carbons (Fsp3) is 0.429. The molecule has 2 aromatic heterocycles. The molecule has 2 aromatic rings. The third-order valence-corrected chi connectivity index (χ3v) is 4.31. The van der Waals surface area contributed by atoms with Crippen molar-refractivity contribution in [3.05, 3.63) is 34.5 Å². The second-order valence-corrected chi connectivity index (χ2v) is 6.03. The highest BCUT2D eigenvalue weighted by Crippen LogP contribution is 2.28. The van der Waals surface area contributed by atoms with Crippen molar-refractivity contribution in [1.29, 1.82) is 0 Å². The van der Waals surface area contributed by atoms with Crippen LogP contribution in [0, 0.1) is 0 Å². The van der Waals surface area contributed by atoms with Crippen molar-refractivity contribution in [3.63, 3.8) is 0 Å². The Kier molecular flexibility index (Phi) is 4.28. The molecule has 8 heteroatoms. The highest BCUT2D eigenvalue weighted by molar-refractivity contribution is 7.98. The Hall–Kier alpha value is -2.09. The maximum Gasteiger partial charge on any atom is 0.250 e. The molecule has 3 rings (SSSR count). The largest absolute Gasteiger partial charge is 0.383 e. The zero-order chi connectivity index (χ0) is 15.5. The monoisotopic (exact) mass is 318 g/mol. The van der Waals surface area contributed by atoms with Gasteiger partial charge in [-0.25, -0.2) is 15.0 Å². The molecular formula is C14H18N6OS. The van der Waals surface area contributed by atoms with Crippen LogP contribution in [0.5, 0.6) is 0 Å². The molecule has 0 radical (unpaired) electrons. The van der Waals surface area contributed by atoms with Crippen molar-refractivity contribution in [2.24, 2.45) is 0 Å². The zero-order valence-electron chi connectivity index (χ0n) is 12.3. The average molecular weight is 318 g/mol. The molecule has 0 saturated carbocycles. The summed E-state index contributed by atoms with van der Waals surface area (Å²) in [7, 11) is 0. The van der Waals surface area contributed by atoms with Gasteiger partial charge in [0.2, 0.25) is 0 Å². The summed E-state index contributed by atoms with van der Waals surface area (Å²) in [5.74, 6) is 1.54. The van der Waals surface area contributed by atoms with Crippen LogP contribution in [0.3, 0.4) is 0 Å². The number of hydrogen-bond donors (Lipinski definition) is 2. The highest BCUT2D eigenvalue weighted by Gasteiger charge is 2.24. The van der Waals surface area contributed by atoms with E-state index in [4.69, 9.17) is 5.73 Å². The fourth-order valence-electron chi connectivity index (χ4n) is 2.72. The molecule has 1 fully saturated rings. The zero-order valence-corrected chi connectivity index (χ0v) is 13.1. The first kappa shape index (κ1) is 14.8. The SMILES string of the molecule is CSc1nc(N)cc(N2CCCC(c3cc(=O)[nH]cn3)C2)n1. The predicted molar refractivity (Wildman–Crippen MR) is 87.3 cm³/mol. The molecule has 0 aliphatic carbocycles. The molecular weight excluding hydrogens is 300 g/mol. The molecule has 22 heavy (non-hydrogen) atoms. The van der Waals surface area contributed by atoms with Crippen LogP contribution in [0.1, 0.15) is 24.5 Å². The molecule has 1 aliphatic rings. The van der Waals surface area contributed by atoms with Crippen LogP contribution in [0.2, 0.25) is 0 Å². The van der Waals surface area contributed by atoms with Gasteiger partial charge in [-0.15, -0.1) is 0 Å². The molecule has 3 heterocycles. The number of hydrogen-bond acceptors (Lipinski definition) is 7. The van der Waals surface area contributed by atoms with Gasteiger partial charge in [-0.3, -0.25) is 4.79 Å². The minimum absolute atomic E-state index is 0.113. The van der Waals surface area contributed by atoms with E-state index in [1.165, 1.54) is 18.1 Å². The summed E-state index contributed by atoms with van der Waals surface area (Å²) in [6, 6.07) is 3.38. The minimum Gasteiger partial charge on any atom is -0.383 e. The maximum atomic E-state index is 11.5. The Morgan fingerprint density at radius 3 is 3.05 bits per heavy atom. The fourth-order valence-corrected chi connectivity index (χ4v) is 3.10. The number of nitrogens with two attached hydrogens (primary N) is 1. The summed E-state index contributed by atoms with van der Waals surface area (Å²) >= 11 is 1.47. The first-order valence-corrected chi connectivity index (χ1v) is 8.36. The van der Waals surface area contributed by atoms with Gasteiger partial charge in [-0.05, 0) is 19.1 Å². The van der Waals surface area contributed by atoms with Gasteiger partial charge in [-0.2, -0.15) is 0 Å². The summed E-state index contributed by atoms with van der Waals surface area (Å²) < 4.78 is 0. The van der Waals surface area contributed by atoms with E-state index in [1.54, 1.807) is 12.1 Å². The van der Waals surface area contributed by atoms with Gasteiger partial charge >= 0.3 is 0 Å². The van der Waals surface area contributed by atoms with Crippen LogP contribution in [0.15, 0.2) is 28.4 Å². The molecule has 0 aromatic carbocycles. The number of anilines is 2. The predicted octanol–water partition coefficient (Wildman–Crippen LogP) is 1.25. The van der Waals surface area contributed by atoms with E-state index < -0.39 is 0 Å². The van der Waals surface area contributed by atoms with E-state index >= 15 is 0 Å². The standard InChI is InChI=1S/C14H18N6OS/c1-22-14-18-11(15)6-12(19-14)20-4-2-3-9(7-20)10-5-13(21)17-8-16-10/h5-6,8-9H,2-4,7H2,1H3,(H2,15,18,19)(H,16,17,21). The highest BCUT2D eigenvalue weighted by atomic mass is 32.2. The van der Waals surface area contributed by atoms with Gasteiger partial charge in [0, 0.05) is 31.1 Å². The van der Waals surface area contributed by atoms with Gasteiger partial charge in [-0.1, -0.05) is 11.8 Å². The van der Waals surface area contributed by atoms with Crippen LogP contribution in [-0.2, 0) is 0 Å². The number of nitrogen functional groups attached to an aromatic ring is 1. The number of nitrogens with zero attached hydrogens (tertiary/aromatic N) is 4. The number of nitrogens with one attached hydrogen (secondary N) is 1. The average Bonchev–Trinajstić information content (AvgIpc) is 2.54. The minimum atomic E-state index is -0.113. The molecule has 0 bridgehead atoms. The first-order valence-electron chi connectivity index (χ1n) is 7.14. The Bertz CT molecular complexity index is 718. The Morgan fingerprint density at radius 1 is 1.41 bits per heavy atom. The van der Waals surface area contributed by atoms with Crippen LogP contribution < -0.4 is 16.2 Å². The van der Waals surface area contributed by atoms with Crippen molar-refractivity contribution < 1.29 is 0 Å². The molecule has 0 amide bonds. The summed E-state index contributed by atoms with van der Waals surface area (Å²) in [5, 5.41) is 0.673. The van der Waals surface area contributed by atoms with Crippen molar-refractivity contribution >= 4 is 23.4 Å². The third-order valence-electron chi connectivity index (χ3n) is 3.76. The van der Waals surface area contributed by atoms with E-state index in [0.717, 1.165) is 37.4 Å². The van der Waals surface area contributed by atoms with Crippen LogP contribution in [0.4, 0.5) is 11.6 Å². The lowest BCUT2D eigenvalue weighted by molar-refractivity contribution is 0.496. The molecule has 1 atom stereocenters. The van der Waals surface area contributed by atoms with E-state index in [2.05, 4.69) is 24.8 Å². The number of aromatic amines is 1. The van der Waals surface area contributed by atoms with Gasteiger partial charge < -0.3 is 15.6 Å². The second kappa shape index (κ2) is 6.35. The molecule has 1 saturated heterocycles. The molecule has 1 unspecified atom stereocenters. The van der Waals surface area contributed by atoms with Gasteiger partial charge in [0.05, 0.1) is 12.0 Å². The second-order valence-electron chi connectivity index (χ2n) is 5.26. The molecule has 1 aliphatic heterocycles. The maximum absolute atomic E-state index is 11.5. The van der Waals surface area contributed by atoms with Gasteiger partial charge in [0.1, 0.15) is 11.6 Å². The third kappa shape index (κ3) is 3.22. The van der Waals surface area contributed by atoms with Crippen molar-refractivity contribution in [2.45, 2.75) is 23.9 Å². The Balaban J connectivity index is 1.84. The van der Waals surface area contributed by atoms with Crippen LogP contribution >= 0.6 is 11.8 Å². The summed E-state index contributed by atoms with van der Waals surface area (Å²) in [6.07, 6.45) is 5.43. The summed E-state index contributed by atoms with van der Waals surface area (Å²) in [6.45, 7) is 1.70. The van der Waals surface area contributed by atoms with E-state index in [9.17, 15) is 4.79 Å². The molecule has 7 nitrogen and oxygen atoms in total. The van der Waals surface area contributed by atoms with Crippen LogP contribution in [0.25, 0.3) is 0 Å². The Labute approximate surface area is 132 Å². The van der Waals surface area contributed by atoms with Gasteiger partial charge in [0.25, 0.3) is 5.56 Å². The van der Waals surface area contributed by atoms with E-state index in [1.807, 2.05) is 6.26 Å². The number of thioether (sulfide) groups is 1. The quantitative estimate of drug-likeness (QED) is 0.648. The lowest BCUT2D eigenvalue weighted by Crippen LogP contribution is -2.35. The molecule has 3 N–H and O–H groups in total. The topological polar surface area (TPSA) is 101 Å². The summed E-state index contributed by atoms with van der Waals surface area (Å²) in [5.41, 5.74) is 6.58. The van der Waals surface area contributed by atoms with Gasteiger partial charge in [0.15, 0.2) is 5.16 Å². The number of rotatable bonds is 3. The smallest absolute Gasteiger partial charge is 0.250 e. The van der Waals surface area contributed by atoms with Crippen molar-refractivity contribution in [1.82, 2.24) is 19.9 Å². The molecule has 116 valence electrons. The number of aromatic nitrogens is 4. The van der Waals surface area contributed by atoms with Crippen molar-refractivity contribution in [3.8, 4) is 0 Å². The van der Waals surface area contributed by atoms with Crippen LogP contribution in [-0.4, -0.2) is 39.3 Å². The molecule has 0 spiro atoms. The normalized spacial score (nSPS) is 18.4. The lowest BCUT2D eigenvalue weighted by Gasteiger charge is -2.33. The van der Waals surface area contributed by atoms with E-state index in [-0.39, 0.29) is 11.5 Å². The number of H-pyrrole nitrogens is 1. The summed E-state index contributed by atoms with van der Waals surface area (Å²) in [4.78, 5) is 29.2. The first-order chi connectivity index (χ1) is 10.7. The van der Waals surface area contributed by atoms with Crippen molar-refractivity contribution in [2.75, 3.05) is 30.0 Å². The van der Waals surface area contributed by atoms with E-state index in [0.29, 0.717) is 11.0 Å². The lowest BCUT2D eigenvalue weighted by atomic mass is 9.94. The Morgan fingerprint density at radius 2 is 2.27 bits per heavy atom.